The molecule has 2 rings (SSSR count). The molecule has 126 valence electrons. The van der Waals surface area contributed by atoms with E-state index in [9.17, 15) is 9.00 Å². The summed E-state index contributed by atoms with van der Waals surface area (Å²) in [5.41, 5.74) is 0.853. The number of carbonyl (C=O) groups is 1. The molecule has 2 aromatic heterocycles. The average molecular weight is 355 g/mol. The van der Waals surface area contributed by atoms with Crippen molar-refractivity contribution in [3.63, 3.8) is 0 Å². The Bertz CT molecular complexity index is 684. The van der Waals surface area contributed by atoms with Gasteiger partial charge in [-0.3, -0.25) is 0 Å². The van der Waals surface area contributed by atoms with Gasteiger partial charge in [-0.1, -0.05) is 13.8 Å². The molecule has 9 heteroatoms. The van der Waals surface area contributed by atoms with E-state index in [4.69, 9.17) is 0 Å². The predicted octanol–water partition coefficient (Wildman–Crippen LogP) is 2.61. The van der Waals surface area contributed by atoms with E-state index in [0.29, 0.717) is 17.4 Å². The zero-order valence-corrected chi connectivity index (χ0v) is 15.4. The first-order valence-corrected chi connectivity index (χ1v) is 9.51. The molecule has 0 saturated heterocycles. The van der Waals surface area contributed by atoms with Crippen molar-refractivity contribution in [2.75, 3.05) is 13.1 Å². The average Bonchev–Trinajstić information content (AvgIpc) is 3.13. The molecule has 0 aromatic carbocycles. The van der Waals surface area contributed by atoms with E-state index in [1.165, 1.54) is 17.7 Å². The normalized spacial score (nSPS) is 12.3. The Labute approximate surface area is 142 Å². The number of amides is 1. The molecule has 0 aliphatic heterocycles. The highest BCUT2D eigenvalue weighted by molar-refractivity contribution is 7.87. The topological polar surface area (TPSA) is 81.0 Å². The lowest BCUT2D eigenvalue weighted by Gasteiger charge is -2.20. The molecule has 23 heavy (non-hydrogen) atoms. The maximum absolute atomic E-state index is 12.5. The highest BCUT2D eigenvalue weighted by Crippen LogP contribution is 2.22. The zero-order chi connectivity index (χ0) is 17.0. The second-order valence-electron chi connectivity index (χ2n) is 5.13. The summed E-state index contributed by atoms with van der Waals surface area (Å²) in [5.74, 6) is 0. The first-order chi connectivity index (χ1) is 11.0. The molecule has 1 amide bonds. The van der Waals surface area contributed by atoms with Gasteiger partial charge in [0.2, 0.25) is 5.16 Å². The minimum Gasteiger partial charge on any atom is -0.323 e. The number of aryl methyl sites for hydroxylation is 2. The molecule has 0 bridgehead atoms. The van der Waals surface area contributed by atoms with Gasteiger partial charge < -0.3 is 4.90 Å². The minimum atomic E-state index is -1.56. The fourth-order valence-electron chi connectivity index (χ4n) is 2.01. The number of thiazole rings is 1. The lowest BCUT2D eigenvalue weighted by Crippen LogP contribution is -2.36. The Hall–Kier alpha value is -1.61. The second kappa shape index (κ2) is 7.78. The molecular formula is C14H21N5O2S2. The molecule has 0 saturated carbocycles. The molecule has 0 N–H and O–H groups in total. The number of aromatic nitrogens is 4. The molecule has 0 radical (unpaired) electrons. The predicted molar refractivity (Wildman–Crippen MR) is 89.2 cm³/mol. The number of hydrogen-bond donors (Lipinski definition) is 0. The van der Waals surface area contributed by atoms with E-state index in [1.54, 1.807) is 4.90 Å². The second-order valence-corrected chi connectivity index (χ2v) is 7.88. The highest BCUT2D eigenvalue weighted by Gasteiger charge is 2.21. The zero-order valence-electron chi connectivity index (χ0n) is 13.8. The van der Waals surface area contributed by atoms with Gasteiger partial charge in [0.1, 0.15) is 6.33 Å². The van der Waals surface area contributed by atoms with Crippen LogP contribution in [0.5, 0.6) is 0 Å². The smallest absolute Gasteiger partial charge is 0.323 e. The number of hydrogen-bond acceptors (Lipinski definition) is 6. The molecule has 7 nitrogen and oxygen atoms in total. The molecule has 2 aromatic rings. The maximum Gasteiger partial charge on any atom is 0.346 e. The van der Waals surface area contributed by atoms with Crippen molar-refractivity contribution in [1.29, 1.82) is 0 Å². The van der Waals surface area contributed by atoms with Crippen molar-refractivity contribution in [2.45, 2.75) is 50.0 Å². The molecule has 0 spiro atoms. The summed E-state index contributed by atoms with van der Waals surface area (Å²) in [7, 11) is -1.56. The van der Waals surface area contributed by atoms with Crippen molar-refractivity contribution in [3.8, 4) is 0 Å². The highest BCUT2D eigenvalue weighted by atomic mass is 32.2. The van der Waals surface area contributed by atoms with Gasteiger partial charge in [-0.15, -0.1) is 16.4 Å². The summed E-state index contributed by atoms with van der Waals surface area (Å²) in [5, 5.41) is 4.20. The quantitative estimate of drug-likeness (QED) is 0.795. The van der Waals surface area contributed by atoms with Gasteiger partial charge in [-0.2, -0.15) is 4.68 Å². The van der Waals surface area contributed by atoms with Crippen molar-refractivity contribution in [2.24, 2.45) is 0 Å². The Kier molecular flexibility index (Phi) is 6.00. The first kappa shape index (κ1) is 17.7. The molecular weight excluding hydrogens is 334 g/mol. The Balaban J connectivity index is 2.19. The van der Waals surface area contributed by atoms with Crippen LogP contribution in [0.1, 0.15) is 37.3 Å². The van der Waals surface area contributed by atoms with Gasteiger partial charge in [-0.25, -0.2) is 19.0 Å². The molecule has 1 unspecified atom stereocenters. The minimum absolute atomic E-state index is 0.111. The van der Waals surface area contributed by atoms with E-state index in [-0.39, 0.29) is 11.2 Å². The third-order valence-electron chi connectivity index (χ3n) is 3.26. The summed E-state index contributed by atoms with van der Waals surface area (Å²) in [6.07, 6.45) is 3.06. The number of nitrogens with zero attached hydrogens (tertiary/aromatic N) is 5. The Morgan fingerprint density at radius 1 is 1.30 bits per heavy atom. The van der Waals surface area contributed by atoms with Gasteiger partial charge in [-0.05, 0) is 26.7 Å². The van der Waals surface area contributed by atoms with Crippen LogP contribution in [0.15, 0.2) is 15.8 Å². The van der Waals surface area contributed by atoms with E-state index in [0.717, 1.165) is 28.1 Å². The van der Waals surface area contributed by atoms with E-state index < -0.39 is 10.8 Å². The van der Waals surface area contributed by atoms with Crippen LogP contribution >= 0.6 is 11.3 Å². The van der Waals surface area contributed by atoms with Gasteiger partial charge in [0.25, 0.3) is 0 Å². The van der Waals surface area contributed by atoms with Crippen molar-refractivity contribution >= 4 is 28.2 Å². The molecule has 1 atom stereocenters. The summed E-state index contributed by atoms with van der Waals surface area (Å²) in [4.78, 5) is 23.5. The molecule has 0 aliphatic rings. The van der Waals surface area contributed by atoms with E-state index in [1.807, 2.05) is 27.7 Å². The summed E-state index contributed by atoms with van der Waals surface area (Å²) >= 11 is 1.36. The van der Waals surface area contributed by atoms with Crippen LogP contribution < -0.4 is 0 Å². The summed E-state index contributed by atoms with van der Waals surface area (Å²) < 4.78 is 14.1. The van der Waals surface area contributed by atoms with E-state index >= 15 is 0 Å². The Morgan fingerprint density at radius 2 is 1.96 bits per heavy atom. The number of carbonyl (C=O) groups excluding carboxylic acids is 1. The van der Waals surface area contributed by atoms with Crippen LogP contribution in [0, 0.1) is 13.8 Å². The van der Waals surface area contributed by atoms with Crippen LogP contribution in [-0.4, -0.2) is 48.0 Å². The first-order valence-electron chi connectivity index (χ1n) is 7.54. The monoisotopic (exact) mass is 355 g/mol. The lowest BCUT2D eigenvalue weighted by atomic mass is 10.4. The summed E-state index contributed by atoms with van der Waals surface area (Å²) in [6.45, 7) is 9.16. The molecule has 0 aliphatic carbocycles. The van der Waals surface area contributed by atoms with Crippen LogP contribution in [-0.2, 0) is 10.8 Å². The van der Waals surface area contributed by atoms with Crippen LogP contribution in [0.2, 0.25) is 0 Å². The van der Waals surface area contributed by atoms with Crippen molar-refractivity contribution in [3.05, 3.63) is 16.9 Å². The van der Waals surface area contributed by atoms with Gasteiger partial charge >= 0.3 is 6.03 Å². The van der Waals surface area contributed by atoms with Gasteiger partial charge in [0.05, 0.1) is 5.69 Å². The fraction of sp³-hybridized carbons (Fsp3) is 0.571. The van der Waals surface area contributed by atoms with Crippen LogP contribution in [0.3, 0.4) is 0 Å². The van der Waals surface area contributed by atoms with Crippen LogP contribution in [0.25, 0.3) is 0 Å². The molecule has 0 fully saturated rings. The fourth-order valence-corrected chi connectivity index (χ4v) is 4.23. The van der Waals surface area contributed by atoms with Crippen LogP contribution in [0.4, 0.5) is 4.79 Å². The summed E-state index contributed by atoms with van der Waals surface area (Å²) in [6, 6.07) is -0.240. The maximum atomic E-state index is 12.5. The third kappa shape index (κ3) is 4.03. The standard InChI is InChI=1S/C14H21N5O2S2/c1-5-7-18(8-6-2)14(20)19-9-15-12(17-19)23(21)13-16-10(3)11(4)22-13/h9H,5-8H2,1-4H3. The van der Waals surface area contributed by atoms with E-state index in [2.05, 4.69) is 15.1 Å². The Morgan fingerprint density at radius 3 is 2.48 bits per heavy atom. The SMILES string of the molecule is CCCN(CCC)C(=O)n1cnc(S(=O)c2nc(C)c(C)s2)n1. The van der Waals surface area contributed by atoms with Gasteiger partial charge in [0.15, 0.2) is 15.1 Å². The van der Waals surface area contributed by atoms with Gasteiger partial charge in [0, 0.05) is 18.0 Å². The lowest BCUT2D eigenvalue weighted by molar-refractivity contribution is 0.196. The van der Waals surface area contributed by atoms with Crippen molar-refractivity contribution in [1.82, 2.24) is 24.6 Å². The third-order valence-corrected chi connectivity index (χ3v) is 5.76. The number of rotatable bonds is 6. The van der Waals surface area contributed by atoms with Crippen molar-refractivity contribution < 1.29 is 9.00 Å². The molecule has 2 heterocycles. The largest absolute Gasteiger partial charge is 0.346 e.